The van der Waals surface area contributed by atoms with Crippen LogP contribution in [0.15, 0.2) is 23.6 Å². The number of nitrogens with one attached hydrogen (secondary N) is 2. The van der Waals surface area contributed by atoms with E-state index in [1.165, 1.54) is 23.7 Å². The maximum Gasteiger partial charge on any atom is 0.234 e. The smallest absolute Gasteiger partial charge is 0.234 e. The Bertz CT molecular complexity index is 897. The second-order valence-electron chi connectivity index (χ2n) is 5.61. The van der Waals surface area contributed by atoms with E-state index in [1.807, 2.05) is 20.8 Å². The Morgan fingerprint density at radius 1 is 1.25 bits per heavy atom. The Balaban J connectivity index is 1.68. The third kappa shape index (κ3) is 3.33. The Hall–Kier alpha value is -2.61. The zero-order chi connectivity index (χ0) is 17.3. The molecule has 1 amide bonds. The molecule has 124 valence electrons. The average Bonchev–Trinajstić information content (AvgIpc) is 2.93. The number of carbonyl (C=O) groups excluding carboxylic acids is 1. The van der Waals surface area contributed by atoms with Crippen LogP contribution >= 0.6 is 11.8 Å². The van der Waals surface area contributed by atoms with Crippen LogP contribution in [-0.2, 0) is 4.79 Å². The molecule has 0 spiro atoms. The molecule has 0 aliphatic heterocycles. The van der Waals surface area contributed by atoms with Gasteiger partial charge in [0, 0.05) is 5.69 Å². The molecule has 3 rings (SSSR count). The van der Waals surface area contributed by atoms with Crippen molar-refractivity contribution in [2.45, 2.75) is 25.9 Å². The number of nitrogens with zero attached hydrogens (tertiary/aromatic N) is 3. The van der Waals surface area contributed by atoms with Crippen molar-refractivity contribution in [3.63, 3.8) is 0 Å². The SMILES string of the molecule is Cc1cc(C)c(NC(=O)CSc2nc3ncnc(N)c3[nH]2)c(C)c1. The van der Waals surface area contributed by atoms with E-state index in [2.05, 4.69) is 37.4 Å². The molecule has 4 N–H and O–H groups in total. The Morgan fingerprint density at radius 2 is 1.96 bits per heavy atom. The largest absolute Gasteiger partial charge is 0.382 e. The number of benzene rings is 1. The molecule has 8 heteroatoms. The topological polar surface area (TPSA) is 110 Å². The lowest BCUT2D eigenvalue weighted by Gasteiger charge is -2.12. The van der Waals surface area contributed by atoms with E-state index < -0.39 is 0 Å². The van der Waals surface area contributed by atoms with Crippen LogP contribution in [0.5, 0.6) is 0 Å². The predicted molar refractivity (Wildman–Crippen MR) is 96.1 cm³/mol. The van der Waals surface area contributed by atoms with E-state index >= 15 is 0 Å². The lowest BCUT2D eigenvalue weighted by atomic mass is 10.1. The molecule has 0 atom stereocenters. The van der Waals surface area contributed by atoms with E-state index in [-0.39, 0.29) is 11.7 Å². The molecule has 0 radical (unpaired) electrons. The number of amides is 1. The maximum absolute atomic E-state index is 12.2. The van der Waals surface area contributed by atoms with Gasteiger partial charge in [-0.05, 0) is 31.9 Å². The highest BCUT2D eigenvalue weighted by Gasteiger charge is 2.12. The summed E-state index contributed by atoms with van der Waals surface area (Å²) in [5.41, 5.74) is 11.0. The van der Waals surface area contributed by atoms with Crippen molar-refractivity contribution in [3.8, 4) is 0 Å². The van der Waals surface area contributed by atoms with E-state index in [0.29, 0.717) is 22.1 Å². The molecule has 3 aromatic rings. The summed E-state index contributed by atoms with van der Waals surface area (Å²) < 4.78 is 0. The third-order valence-electron chi connectivity index (χ3n) is 3.58. The number of nitrogen functional groups attached to an aromatic ring is 1. The van der Waals surface area contributed by atoms with E-state index in [9.17, 15) is 4.79 Å². The summed E-state index contributed by atoms with van der Waals surface area (Å²) in [4.78, 5) is 27.5. The summed E-state index contributed by atoms with van der Waals surface area (Å²) in [5.74, 6) is 0.490. The minimum Gasteiger partial charge on any atom is -0.382 e. The quantitative estimate of drug-likeness (QED) is 0.629. The van der Waals surface area contributed by atoms with Crippen LogP contribution in [0.4, 0.5) is 11.5 Å². The van der Waals surface area contributed by atoms with Gasteiger partial charge in [-0.15, -0.1) is 0 Å². The molecule has 0 saturated heterocycles. The van der Waals surface area contributed by atoms with Crippen LogP contribution < -0.4 is 11.1 Å². The minimum absolute atomic E-state index is 0.0884. The number of hydrogen-bond donors (Lipinski definition) is 3. The number of rotatable bonds is 4. The van der Waals surface area contributed by atoms with Crippen LogP contribution in [0.1, 0.15) is 16.7 Å². The fraction of sp³-hybridized carbons (Fsp3) is 0.250. The molecule has 0 bridgehead atoms. The monoisotopic (exact) mass is 342 g/mol. The summed E-state index contributed by atoms with van der Waals surface area (Å²) in [7, 11) is 0. The number of aromatic amines is 1. The average molecular weight is 342 g/mol. The summed E-state index contributed by atoms with van der Waals surface area (Å²) >= 11 is 1.30. The number of nitrogens with two attached hydrogens (primary N) is 1. The second-order valence-corrected chi connectivity index (χ2v) is 6.57. The fourth-order valence-corrected chi connectivity index (χ4v) is 3.25. The van der Waals surface area contributed by atoms with Crippen molar-refractivity contribution in [3.05, 3.63) is 35.2 Å². The van der Waals surface area contributed by atoms with Gasteiger partial charge >= 0.3 is 0 Å². The molecule has 7 nitrogen and oxygen atoms in total. The first-order valence-electron chi connectivity index (χ1n) is 7.40. The highest BCUT2D eigenvalue weighted by molar-refractivity contribution is 7.99. The number of hydrogen-bond acceptors (Lipinski definition) is 6. The van der Waals surface area contributed by atoms with E-state index in [0.717, 1.165) is 16.8 Å². The van der Waals surface area contributed by atoms with Crippen molar-refractivity contribution in [2.24, 2.45) is 0 Å². The minimum atomic E-state index is -0.0884. The molecular weight excluding hydrogens is 324 g/mol. The van der Waals surface area contributed by atoms with Crippen LogP contribution in [-0.4, -0.2) is 31.6 Å². The second kappa shape index (κ2) is 6.48. The number of aryl methyl sites for hydroxylation is 3. The van der Waals surface area contributed by atoms with Gasteiger partial charge in [0.1, 0.15) is 11.8 Å². The van der Waals surface area contributed by atoms with Gasteiger partial charge in [-0.3, -0.25) is 4.79 Å². The van der Waals surface area contributed by atoms with E-state index in [4.69, 9.17) is 5.73 Å². The van der Waals surface area contributed by atoms with Gasteiger partial charge in [0.25, 0.3) is 0 Å². The number of anilines is 2. The lowest BCUT2D eigenvalue weighted by Crippen LogP contribution is -2.16. The molecule has 0 unspecified atom stereocenters. The predicted octanol–water partition coefficient (Wildman–Crippen LogP) is 2.59. The van der Waals surface area contributed by atoms with Crippen molar-refractivity contribution < 1.29 is 4.79 Å². The lowest BCUT2D eigenvalue weighted by molar-refractivity contribution is -0.113. The van der Waals surface area contributed by atoms with Crippen molar-refractivity contribution >= 4 is 40.3 Å². The molecule has 24 heavy (non-hydrogen) atoms. The van der Waals surface area contributed by atoms with Crippen molar-refractivity contribution in [1.29, 1.82) is 0 Å². The number of aromatic nitrogens is 4. The van der Waals surface area contributed by atoms with Gasteiger partial charge in [0.05, 0.1) is 5.75 Å². The molecule has 2 heterocycles. The molecule has 0 aliphatic carbocycles. The first kappa shape index (κ1) is 16.3. The van der Waals surface area contributed by atoms with Gasteiger partial charge < -0.3 is 16.0 Å². The number of imidazole rings is 1. The Labute approximate surface area is 143 Å². The van der Waals surface area contributed by atoms with Crippen molar-refractivity contribution in [2.75, 3.05) is 16.8 Å². The Kier molecular flexibility index (Phi) is 4.39. The summed E-state index contributed by atoms with van der Waals surface area (Å²) in [6, 6.07) is 4.10. The van der Waals surface area contributed by atoms with Gasteiger partial charge in [-0.1, -0.05) is 29.5 Å². The normalized spacial score (nSPS) is 11.0. The number of fused-ring (bicyclic) bond motifs is 1. The number of carbonyl (C=O) groups is 1. The standard InChI is InChI=1S/C16H18N6OS/c1-8-4-9(2)12(10(3)5-8)20-11(23)6-24-16-21-13-14(17)18-7-19-15(13)22-16/h4-5,7H,6H2,1-3H3,(H,20,23)(H3,17,18,19,21,22). The zero-order valence-corrected chi connectivity index (χ0v) is 14.5. The Morgan fingerprint density at radius 3 is 2.62 bits per heavy atom. The highest BCUT2D eigenvalue weighted by Crippen LogP contribution is 2.24. The molecule has 2 aromatic heterocycles. The number of H-pyrrole nitrogens is 1. The molecule has 0 aliphatic rings. The highest BCUT2D eigenvalue weighted by atomic mass is 32.2. The zero-order valence-electron chi connectivity index (χ0n) is 13.7. The molecule has 1 aromatic carbocycles. The first-order valence-corrected chi connectivity index (χ1v) is 8.39. The summed E-state index contributed by atoms with van der Waals surface area (Å²) in [6.45, 7) is 6.02. The van der Waals surface area contributed by atoms with Crippen LogP contribution in [0.3, 0.4) is 0 Å². The van der Waals surface area contributed by atoms with Crippen LogP contribution in [0, 0.1) is 20.8 Å². The van der Waals surface area contributed by atoms with Gasteiger partial charge in [0.15, 0.2) is 16.6 Å². The number of thioether (sulfide) groups is 1. The van der Waals surface area contributed by atoms with Crippen molar-refractivity contribution in [1.82, 2.24) is 19.9 Å². The third-order valence-corrected chi connectivity index (χ3v) is 4.45. The van der Waals surface area contributed by atoms with E-state index in [1.54, 1.807) is 0 Å². The first-order chi connectivity index (χ1) is 11.4. The molecule has 0 saturated carbocycles. The van der Waals surface area contributed by atoms with Crippen LogP contribution in [0.25, 0.3) is 11.2 Å². The van der Waals surface area contributed by atoms with Gasteiger partial charge in [-0.2, -0.15) is 0 Å². The summed E-state index contributed by atoms with van der Waals surface area (Å²) in [5, 5.41) is 3.55. The molecular formula is C16H18N6OS. The van der Waals surface area contributed by atoms with Gasteiger partial charge in [0.2, 0.25) is 5.91 Å². The van der Waals surface area contributed by atoms with Gasteiger partial charge in [-0.25, -0.2) is 15.0 Å². The fourth-order valence-electron chi connectivity index (χ4n) is 2.58. The summed E-state index contributed by atoms with van der Waals surface area (Å²) in [6.07, 6.45) is 1.36. The maximum atomic E-state index is 12.2. The van der Waals surface area contributed by atoms with Crippen LogP contribution in [0.2, 0.25) is 0 Å². The molecule has 0 fully saturated rings.